The lowest BCUT2D eigenvalue weighted by Crippen LogP contribution is -2.30. The Morgan fingerprint density at radius 3 is 2.60 bits per heavy atom. The number of amides is 1. The number of benzene rings is 1. The van der Waals surface area contributed by atoms with E-state index in [1.165, 1.54) is 31.2 Å². The molecule has 0 radical (unpaired) electrons. The summed E-state index contributed by atoms with van der Waals surface area (Å²) in [6.45, 7) is 0.587. The third-order valence-corrected chi connectivity index (χ3v) is 5.80. The summed E-state index contributed by atoms with van der Waals surface area (Å²) in [5.41, 5.74) is 0.501. The predicted octanol–water partition coefficient (Wildman–Crippen LogP) is 2.80. The van der Waals surface area contributed by atoms with Crippen molar-refractivity contribution < 1.29 is 13.2 Å². The van der Waals surface area contributed by atoms with E-state index in [-0.39, 0.29) is 16.4 Å². The lowest BCUT2D eigenvalue weighted by Gasteiger charge is -2.14. The average Bonchev–Trinajstić information content (AvgIpc) is 3.14. The van der Waals surface area contributed by atoms with Gasteiger partial charge in [-0.15, -0.1) is 0 Å². The Hall–Kier alpha value is -2.41. The van der Waals surface area contributed by atoms with Gasteiger partial charge in [-0.05, 0) is 43.0 Å². The van der Waals surface area contributed by atoms with Gasteiger partial charge in [-0.25, -0.2) is 8.42 Å². The molecule has 2 N–H and O–H groups in total. The van der Waals surface area contributed by atoms with Crippen LogP contribution in [0.5, 0.6) is 0 Å². The van der Waals surface area contributed by atoms with Crippen LogP contribution < -0.4 is 10.0 Å². The molecule has 1 aromatic heterocycles. The van der Waals surface area contributed by atoms with Gasteiger partial charge < -0.3 is 5.32 Å². The zero-order valence-corrected chi connectivity index (χ0v) is 14.6. The second-order valence-electron chi connectivity index (χ2n) is 6.20. The number of nitrogens with one attached hydrogen (secondary N) is 2. The largest absolute Gasteiger partial charge is 0.352 e. The predicted molar refractivity (Wildman–Crippen MR) is 95.8 cm³/mol. The van der Waals surface area contributed by atoms with Crippen LogP contribution in [-0.4, -0.2) is 25.9 Å². The van der Waals surface area contributed by atoms with Gasteiger partial charge in [0.2, 0.25) is 0 Å². The molecule has 0 atom stereocenters. The van der Waals surface area contributed by atoms with Crippen molar-refractivity contribution in [1.82, 2.24) is 10.3 Å². The molecule has 0 bridgehead atoms. The molecule has 0 spiro atoms. The first-order valence-electron chi connectivity index (χ1n) is 8.36. The molecule has 132 valence electrons. The fourth-order valence-electron chi connectivity index (χ4n) is 3.07. The van der Waals surface area contributed by atoms with Gasteiger partial charge in [0.15, 0.2) is 0 Å². The highest BCUT2D eigenvalue weighted by Crippen LogP contribution is 2.24. The first-order valence-corrected chi connectivity index (χ1v) is 9.84. The van der Waals surface area contributed by atoms with Crippen molar-refractivity contribution in [3.05, 3.63) is 54.4 Å². The lowest BCUT2D eigenvalue weighted by molar-refractivity contribution is 0.0944. The van der Waals surface area contributed by atoms with Gasteiger partial charge in [0.1, 0.15) is 4.90 Å². The molecular weight excluding hydrogens is 338 g/mol. The molecule has 3 rings (SSSR count). The van der Waals surface area contributed by atoms with Gasteiger partial charge in [0.05, 0.1) is 17.4 Å². The van der Waals surface area contributed by atoms with Crippen molar-refractivity contribution in [3.8, 4) is 0 Å². The van der Waals surface area contributed by atoms with Crippen LogP contribution in [0, 0.1) is 5.92 Å². The van der Waals surface area contributed by atoms with E-state index in [9.17, 15) is 13.2 Å². The topological polar surface area (TPSA) is 88.2 Å². The summed E-state index contributed by atoms with van der Waals surface area (Å²) in [5, 5.41) is 2.87. The van der Waals surface area contributed by atoms with Crippen LogP contribution in [0.15, 0.2) is 53.7 Å². The highest BCUT2D eigenvalue weighted by Gasteiger charge is 2.23. The molecule has 0 aliphatic heterocycles. The Morgan fingerprint density at radius 1 is 1.12 bits per heavy atom. The zero-order valence-electron chi connectivity index (χ0n) is 13.8. The first-order chi connectivity index (χ1) is 12.1. The van der Waals surface area contributed by atoms with Crippen LogP contribution in [-0.2, 0) is 10.0 Å². The summed E-state index contributed by atoms with van der Waals surface area (Å²) in [6.07, 6.45) is 7.59. The van der Waals surface area contributed by atoms with E-state index in [0.29, 0.717) is 18.2 Å². The molecule has 1 saturated carbocycles. The molecule has 0 unspecified atom stereocenters. The van der Waals surface area contributed by atoms with Gasteiger partial charge in [0.25, 0.3) is 15.9 Å². The number of sulfonamides is 1. The number of nitrogens with zero attached hydrogens (tertiary/aromatic N) is 1. The second kappa shape index (κ2) is 7.65. The number of hydrogen-bond donors (Lipinski definition) is 2. The molecule has 6 nitrogen and oxygen atoms in total. The normalized spacial score (nSPS) is 15.0. The fourth-order valence-corrected chi connectivity index (χ4v) is 4.32. The lowest BCUT2D eigenvalue weighted by atomic mass is 10.1. The number of carbonyl (C=O) groups excluding carboxylic acids is 1. The number of aromatic nitrogens is 1. The minimum atomic E-state index is -3.88. The van der Waals surface area contributed by atoms with Crippen LogP contribution in [0.2, 0.25) is 0 Å². The van der Waals surface area contributed by atoms with Gasteiger partial charge >= 0.3 is 0 Å². The number of carbonyl (C=O) groups is 1. The Balaban J connectivity index is 1.78. The quantitative estimate of drug-likeness (QED) is 0.830. The minimum Gasteiger partial charge on any atom is -0.352 e. The van der Waals surface area contributed by atoms with E-state index >= 15 is 0 Å². The smallest absolute Gasteiger partial charge is 0.262 e. The third kappa shape index (κ3) is 4.36. The summed E-state index contributed by atoms with van der Waals surface area (Å²) in [5.74, 6) is 0.125. The molecule has 1 fully saturated rings. The van der Waals surface area contributed by atoms with E-state index in [1.54, 1.807) is 30.5 Å². The highest BCUT2D eigenvalue weighted by molar-refractivity contribution is 7.92. The van der Waals surface area contributed by atoms with Gasteiger partial charge in [0, 0.05) is 12.7 Å². The monoisotopic (exact) mass is 359 g/mol. The van der Waals surface area contributed by atoms with Gasteiger partial charge in [-0.3, -0.25) is 14.5 Å². The van der Waals surface area contributed by atoms with Crippen LogP contribution in [0.1, 0.15) is 36.0 Å². The maximum atomic E-state index is 12.7. The third-order valence-electron chi connectivity index (χ3n) is 4.36. The molecule has 2 aromatic rings. The van der Waals surface area contributed by atoms with Crippen molar-refractivity contribution in [2.75, 3.05) is 11.3 Å². The molecular formula is C18H21N3O3S. The van der Waals surface area contributed by atoms with E-state index in [1.807, 2.05) is 0 Å². The fraction of sp³-hybridized carbons (Fsp3) is 0.333. The Bertz CT molecular complexity index is 832. The molecule has 1 aliphatic rings. The number of hydrogen-bond acceptors (Lipinski definition) is 4. The summed E-state index contributed by atoms with van der Waals surface area (Å²) >= 11 is 0. The molecule has 25 heavy (non-hydrogen) atoms. The summed E-state index contributed by atoms with van der Waals surface area (Å²) in [4.78, 5) is 16.4. The maximum Gasteiger partial charge on any atom is 0.262 e. The van der Waals surface area contributed by atoms with E-state index in [4.69, 9.17) is 0 Å². The van der Waals surface area contributed by atoms with E-state index in [0.717, 1.165) is 12.8 Å². The van der Waals surface area contributed by atoms with Crippen molar-refractivity contribution in [2.45, 2.75) is 30.6 Å². The van der Waals surface area contributed by atoms with Gasteiger partial charge in [-0.2, -0.15) is 0 Å². The molecule has 7 heteroatoms. The van der Waals surface area contributed by atoms with E-state index in [2.05, 4.69) is 15.0 Å². The van der Waals surface area contributed by atoms with Crippen molar-refractivity contribution in [2.24, 2.45) is 5.92 Å². The Labute approximate surface area is 147 Å². The summed E-state index contributed by atoms with van der Waals surface area (Å²) in [7, 11) is -3.88. The minimum absolute atomic E-state index is 0.0391. The number of rotatable bonds is 6. The molecule has 1 amide bonds. The molecule has 1 heterocycles. The van der Waals surface area contributed by atoms with Crippen molar-refractivity contribution in [1.29, 1.82) is 0 Å². The first kappa shape index (κ1) is 17.4. The number of pyridine rings is 1. The average molecular weight is 359 g/mol. The Morgan fingerprint density at radius 2 is 1.88 bits per heavy atom. The van der Waals surface area contributed by atoms with Crippen LogP contribution in [0.4, 0.5) is 5.69 Å². The highest BCUT2D eigenvalue weighted by atomic mass is 32.2. The van der Waals surface area contributed by atoms with E-state index < -0.39 is 10.0 Å². The van der Waals surface area contributed by atoms with Crippen molar-refractivity contribution >= 4 is 21.6 Å². The molecule has 0 saturated heterocycles. The summed E-state index contributed by atoms with van der Waals surface area (Å²) < 4.78 is 27.8. The summed E-state index contributed by atoms with van der Waals surface area (Å²) in [6, 6.07) is 9.47. The maximum absolute atomic E-state index is 12.7. The van der Waals surface area contributed by atoms with Crippen LogP contribution in [0.3, 0.4) is 0 Å². The van der Waals surface area contributed by atoms with Crippen molar-refractivity contribution in [3.63, 3.8) is 0 Å². The number of anilines is 1. The zero-order chi connectivity index (χ0) is 17.7. The molecule has 1 aromatic carbocycles. The SMILES string of the molecule is O=C(NCC1CCCC1)c1ccccc1S(=O)(=O)Nc1cccnc1. The van der Waals surface area contributed by atoms with Crippen LogP contribution >= 0.6 is 0 Å². The second-order valence-corrected chi connectivity index (χ2v) is 7.85. The Kier molecular flexibility index (Phi) is 5.33. The van der Waals surface area contributed by atoms with Gasteiger partial charge in [-0.1, -0.05) is 25.0 Å². The molecule has 1 aliphatic carbocycles. The standard InChI is InChI=1S/C18H21N3O3S/c22-18(20-12-14-6-1-2-7-14)16-9-3-4-10-17(16)25(23,24)21-15-8-5-11-19-13-15/h3-5,8-11,13-14,21H,1-2,6-7,12H2,(H,20,22). The van der Waals surface area contributed by atoms with Crippen LogP contribution in [0.25, 0.3) is 0 Å².